The second-order valence-corrected chi connectivity index (χ2v) is 3.43. The minimum absolute atomic E-state index is 0.0311. The molecular formula is C11H13N3O3. The van der Waals surface area contributed by atoms with Gasteiger partial charge in [0, 0.05) is 18.5 Å². The summed E-state index contributed by atoms with van der Waals surface area (Å²) in [5.41, 5.74) is 6.02. The monoisotopic (exact) mass is 235 g/mol. The van der Waals surface area contributed by atoms with Crippen molar-refractivity contribution in [2.24, 2.45) is 5.73 Å². The maximum Gasteiger partial charge on any atom is 0.247 e. The van der Waals surface area contributed by atoms with Gasteiger partial charge in [-0.05, 0) is 18.2 Å². The topological polar surface area (TPSA) is 94.4 Å². The molecule has 0 aliphatic rings. The van der Waals surface area contributed by atoms with Crippen LogP contribution in [0.1, 0.15) is 5.89 Å². The molecule has 0 saturated heterocycles. The predicted octanol–water partition coefficient (Wildman–Crippen LogP) is 0.952. The van der Waals surface area contributed by atoms with Crippen molar-refractivity contribution in [3.8, 4) is 23.0 Å². The van der Waals surface area contributed by atoms with Crippen LogP contribution in [0.5, 0.6) is 11.5 Å². The van der Waals surface area contributed by atoms with Crippen LogP contribution < -0.4 is 10.5 Å². The van der Waals surface area contributed by atoms with E-state index in [1.54, 1.807) is 12.1 Å². The Kier molecular flexibility index (Phi) is 3.24. The first-order chi connectivity index (χ1) is 8.24. The maximum atomic E-state index is 9.63. The van der Waals surface area contributed by atoms with Crippen molar-refractivity contribution in [2.75, 3.05) is 13.7 Å². The number of rotatable bonds is 4. The van der Waals surface area contributed by atoms with Crippen molar-refractivity contribution in [1.29, 1.82) is 0 Å². The molecule has 0 radical (unpaired) electrons. The van der Waals surface area contributed by atoms with Gasteiger partial charge >= 0.3 is 0 Å². The standard InChI is InChI=1S/C11H13N3O3/c1-16-9-3-2-7(6-8(9)15)11-14-13-10(17-11)4-5-12/h2-3,6,15H,4-5,12H2,1H3. The minimum Gasteiger partial charge on any atom is -0.504 e. The first kappa shape index (κ1) is 11.4. The summed E-state index contributed by atoms with van der Waals surface area (Å²) in [6.45, 7) is 0.454. The van der Waals surface area contributed by atoms with Gasteiger partial charge in [0.15, 0.2) is 11.5 Å². The molecule has 1 aromatic heterocycles. The lowest BCUT2D eigenvalue weighted by atomic mass is 10.2. The SMILES string of the molecule is COc1ccc(-c2nnc(CCN)o2)cc1O. The summed E-state index contributed by atoms with van der Waals surface area (Å²) >= 11 is 0. The van der Waals surface area contributed by atoms with E-state index >= 15 is 0 Å². The van der Waals surface area contributed by atoms with E-state index in [9.17, 15) is 5.11 Å². The molecule has 0 bridgehead atoms. The van der Waals surface area contributed by atoms with E-state index in [-0.39, 0.29) is 5.75 Å². The molecular weight excluding hydrogens is 222 g/mol. The van der Waals surface area contributed by atoms with E-state index in [1.165, 1.54) is 13.2 Å². The Morgan fingerprint density at radius 1 is 1.41 bits per heavy atom. The summed E-state index contributed by atoms with van der Waals surface area (Å²) < 4.78 is 10.3. The summed E-state index contributed by atoms with van der Waals surface area (Å²) in [6.07, 6.45) is 0.537. The fraction of sp³-hybridized carbons (Fsp3) is 0.273. The molecule has 2 aromatic rings. The van der Waals surface area contributed by atoms with Crippen molar-refractivity contribution < 1.29 is 14.3 Å². The van der Waals surface area contributed by atoms with Gasteiger partial charge in [0.25, 0.3) is 0 Å². The van der Waals surface area contributed by atoms with E-state index in [0.717, 1.165) is 0 Å². The van der Waals surface area contributed by atoms with E-state index < -0.39 is 0 Å². The van der Waals surface area contributed by atoms with Crippen molar-refractivity contribution in [2.45, 2.75) is 6.42 Å². The van der Waals surface area contributed by atoms with E-state index in [1.807, 2.05) is 0 Å². The average Bonchev–Trinajstić information content (AvgIpc) is 2.78. The number of phenols is 1. The van der Waals surface area contributed by atoms with Crippen LogP contribution in [-0.2, 0) is 6.42 Å². The Bertz CT molecular complexity index is 510. The van der Waals surface area contributed by atoms with Crippen molar-refractivity contribution in [3.05, 3.63) is 24.1 Å². The van der Waals surface area contributed by atoms with Gasteiger partial charge < -0.3 is 20.0 Å². The summed E-state index contributed by atoms with van der Waals surface area (Å²) in [7, 11) is 1.49. The highest BCUT2D eigenvalue weighted by atomic mass is 16.5. The Morgan fingerprint density at radius 3 is 2.88 bits per heavy atom. The molecule has 1 aromatic carbocycles. The Balaban J connectivity index is 2.29. The van der Waals surface area contributed by atoms with Crippen LogP contribution in [-0.4, -0.2) is 29.0 Å². The van der Waals surface area contributed by atoms with Gasteiger partial charge in [-0.25, -0.2) is 0 Å². The second kappa shape index (κ2) is 4.84. The Hall–Kier alpha value is -2.08. The fourth-order valence-corrected chi connectivity index (χ4v) is 1.42. The van der Waals surface area contributed by atoms with Gasteiger partial charge in [0.1, 0.15) is 0 Å². The third kappa shape index (κ3) is 2.36. The molecule has 1 heterocycles. The molecule has 0 unspecified atom stereocenters. The summed E-state index contributed by atoms with van der Waals surface area (Å²) in [5, 5.41) is 17.4. The lowest BCUT2D eigenvalue weighted by molar-refractivity contribution is 0.373. The quantitative estimate of drug-likeness (QED) is 0.819. The molecule has 3 N–H and O–H groups in total. The zero-order valence-electron chi connectivity index (χ0n) is 9.38. The van der Waals surface area contributed by atoms with Crippen LogP contribution in [0.3, 0.4) is 0 Å². The molecule has 0 fully saturated rings. The van der Waals surface area contributed by atoms with Crippen LogP contribution >= 0.6 is 0 Å². The molecule has 0 aliphatic carbocycles. The highest BCUT2D eigenvalue weighted by Gasteiger charge is 2.10. The van der Waals surface area contributed by atoms with Gasteiger partial charge in [-0.3, -0.25) is 0 Å². The van der Waals surface area contributed by atoms with Gasteiger partial charge in [-0.2, -0.15) is 0 Å². The largest absolute Gasteiger partial charge is 0.504 e. The zero-order valence-corrected chi connectivity index (χ0v) is 9.38. The average molecular weight is 235 g/mol. The highest BCUT2D eigenvalue weighted by molar-refractivity contribution is 5.59. The predicted molar refractivity (Wildman–Crippen MR) is 60.7 cm³/mol. The molecule has 0 saturated carbocycles. The normalized spacial score (nSPS) is 10.5. The second-order valence-electron chi connectivity index (χ2n) is 3.43. The molecule has 17 heavy (non-hydrogen) atoms. The highest BCUT2D eigenvalue weighted by Crippen LogP contribution is 2.30. The van der Waals surface area contributed by atoms with Gasteiger partial charge in [0.05, 0.1) is 7.11 Å². The first-order valence-corrected chi connectivity index (χ1v) is 5.14. The summed E-state index contributed by atoms with van der Waals surface area (Å²) in [5.74, 6) is 1.27. The zero-order chi connectivity index (χ0) is 12.3. The fourth-order valence-electron chi connectivity index (χ4n) is 1.42. The van der Waals surface area contributed by atoms with Crippen LogP contribution in [0.25, 0.3) is 11.5 Å². The number of aromatic nitrogens is 2. The Labute approximate surface area is 98.0 Å². The number of hydrogen-bond acceptors (Lipinski definition) is 6. The lowest BCUT2D eigenvalue weighted by Gasteiger charge is -2.03. The van der Waals surface area contributed by atoms with Crippen LogP contribution in [0.2, 0.25) is 0 Å². The van der Waals surface area contributed by atoms with Crippen molar-refractivity contribution in [3.63, 3.8) is 0 Å². The van der Waals surface area contributed by atoms with Crippen molar-refractivity contribution in [1.82, 2.24) is 10.2 Å². The number of ether oxygens (including phenoxy) is 1. The molecule has 2 rings (SSSR count). The molecule has 90 valence electrons. The number of nitrogens with zero attached hydrogens (tertiary/aromatic N) is 2. The van der Waals surface area contributed by atoms with Crippen LogP contribution in [0.15, 0.2) is 22.6 Å². The number of aromatic hydroxyl groups is 1. The van der Waals surface area contributed by atoms with Crippen molar-refractivity contribution >= 4 is 0 Å². The maximum absolute atomic E-state index is 9.63. The molecule has 0 aliphatic heterocycles. The number of phenolic OH excluding ortho intramolecular Hbond substituents is 1. The summed E-state index contributed by atoms with van der Waals surface area (Å²) in [4.78, 5) is 0. The number of hydrogen-bond donors (Lipinski definition) is 2. The summed E-state index contributed by atoms with van der Waals surface area (Å²) in [6, 6.07) is 4.88. The van der Waals surface area contributed by atoms with E-state index in [0.29, 0.717) is 36.1 Å². The smallest absolute Gasteiger partial charge is 0.247 e. The van der Waals surface area contributed by atoms with Crippen LogP contribution in [0, 0.1) is 0 Å². The minimum atomic E-state index is 0.0311. The third-order valence-corrected chi connectivity index (χ3v) is 2.25. The Morgan fingerprint density at radius 2 is 2.24 bits per heavy atom. The molecule has 6 nitrogen and oxygen atoms in total. The van der Waals surface area contributed by atoms with Crippen LogP contribution in [0.4, 0.5) is 0 Å². The number of methoxy groups -OCH3 is 1. The van der Waals surface area contributed by atoms with Gasteiger partial charge in [-0.1, -0.05) is 0 Å². The number of nitrogens with two attached hydrogens (primary N) is 1. The number of benzene rings is 1. The van der Waals surface area contributed by atoms with Gasteiger partial charge in [-0.15, -0.1) is 10.2 Å². The third-order valence-electron chi connectivity index (χ3n) is 2.25. The first-order valence-electron chi connectivity index (χ1n) is 5.14. The molecule has 0 atom stereocenters. The van der Waals surface area contributed by atoms with E-state index in [2.05, 4.69) is 10.2 Å². The van der Waals surface area contributed by atoms with Gasteiger partial charge in [0.2, 0.25) is 11.8 Å². The molecule has 0 amide bonds. The molecule has 6 heteroatoms. The molecule has 0 spiro atoms. The van der Waals surface area contributed by atoms with E-state index in [4.69, 9.17) is 14.9 Å². The lowest BCUT2D eigenvalue weighted by Crippen LogP contribution is -2.02.